The Labute approximate surface area is 124 Å². The smallest absolute Gasteiger partial charge is 0.142 e. The molecule has 0 bridgehead atoms. The van der Waals surface area contributed by atoms with Crippen LogP contribution in [-0.4, -0.2) is 26.2 Å². The van der Waals surface area contributed by atoms with E-state index in [0.717, 1.165) is 31.9 Å². The molecule has 0 aliphatic rings. The number of anilines is 1. The molecule has 0 saturated heterocycles. The van der Waals surface area contributed by atoms with E-state index in [4.69, 9.17) is 4.74 Å². The lowest BCUT2D eigenvalue weighted by Crippen LogP contribution is -2.23. The number of nitrogens with zero attached hydrogens (tertiary/aromatic N) is 1. The first-order chi connectivity index (χ1) is 9.76. The van der Waals surface area contributed by atoms with Crippen LogP contribution >= 0.6 is 0 Å². The van der Waals surface area contributed by atoms with Crippen LogP contribution in [0.2, 0.25) is 0 Å². The van der Waals surface area contributed by atoms with Crippen molar-refractivity contribution in [3.63, 3.8) is 0 Å². The van der Waals surface area contributed by atoms with Gasteiger partial charge in [-0.2, -0.15) is 0 Å². The van der Waals surface area contributed by atoms with E-state index in [9.17, 15) is 0 Å². The molecule has 0 amide bonds. The van der Waals surface area contributed by atoms with E-state index < -0.39 is 0 Å². The predicted molar refractivity (Wildman–Crippen MR) is 87.8 cm³/mol. The molecule has 0 atom stereocenters. The van der Waals surface area contributed by atoms with E-state index in [1.54, 1.807) is 0 Å². The monoisotopic (exact) mass is 278 g/mol. The van der Waals surface area contributed by atoms with Gasteiger partial charge in [0.25, 0.3) is 0 Å². The van der Waals surface area contributed by atoms with Crippen molar-refractivity contribution in [2.45, 2.75) is 47.1 Å². The third-order valence-electron chi connectivity index (χ3n) is 3.46. The number of hydrogen-bond acceptors (Lipinski definition) is 3. The first-order valence-electron chi connectivity index (χ1n) is 7.98. The molecule has 3 nitrogen and oxygen atoms in total. The van der Waals surface area contributed by atoms with Gasteiger partial charge in [0, 0.05) is 19.6 Å². The van der Waals surface area contributed by atoms with Crippen molar-refractivity contribution >= 4 is 5.69 Å². The minimum atomic E-state index is 0.709. The highest BCUT2D eigenvalue weighted by atomic mass is 16.5. The zero-order valence-corrected chi connectivity index (χ0v) is 13.5. The molecule has 20 heavy (non-hydrogen) atoms. The molecule has 1 aromatic carbocycles. The standard InChI is InChI=1S/C17H30N2O/c1-5-9-12-18-14-15-10-11-16(19(6-2)7-3)17(13-15)20-8-4/h10-11,13,18H,5-9,12,14H2,1-4H3. The Hall–Kier alpha value is -1.22. The first kappa shape index (κ1) is 16.8. The van der Waals surface area contributed by atoms with Crippen molar-refractivity contribution in [2.75, 3.05) is 31.1 Å². The lowest BCUT2D eigenvalue weighted by molar-refractivity contribution is 0.340. The molecule has 0 spiro atoms. The van der Waals surface area contributed by atoms with Crippen molar-refractivity contribution in [2.24, 2.45) is 0 Å². The van der Waals surface area contributed by atoms with Crippen LogP contribution in [0.4, 0.5) is 5.69 Å². The maximum Gasteiger partial charge on any atom is 0.142 e. The van der Waals surface area contributed by atoms with Gasteiger partial charge in [-0.25, -0.2) is 0 Å². The summed E-state index contributed by atoms with van der Waals surface area (Å²) in [5, 5.41) is 3.48. The second-order valence-electron chi connectivity index (χ2n) is 4.94. The van der Waals surface area contributed by atoms with Crippen LogP contribution in [0.15, 0.2) is 18.2 Å². The summed E-state index contributed by atoms with van der Waals surface area (Å²) >= 11 is 0. The fourth-order valence-electron chi connectivity index (χ4n) is 2.30. The molecule has 0 radical (unpaired) electrons. The molecule has 3 heteroatoms. The Bertz CT molecular complexity index is 375. The maximum absolute atomic E-state index is 5.82. The molecule has 0 unspecified atom stereocenters. The summed E-state index contributed by atoms with van der Waals surface area (Å²) in [6, 6.07) is 6.57. The third-order valence-corrected chi connectivity index (χ3v) is 3.46. The van der Waals surface area contributed by atoms with E-state index in [2.05, 4.69) is 49.2 Å². The summed E-state index contributed by atoms with van der Waals surface area (Å²) in [6.45, 7) is 13.3. The first-order valence-corrected chi connectivity index (χ1v) is 7.98. The number of ether oxygens (including phenoxy) is 1. The zero-order chi connectivity index (χ0) is 14.8. The molecule has 0 saturated carbocycles. The molecule has 1 N–H and O–H groups in total. The second-order valence-corrected chi connectivity index (χ2v) is 4.94. The van der Waals surface area contributed by atoms with E-state index >= 15 is 0 Å². The van der Waals surface area contributed by atoms with Crippen molar-refractivity contribution in [3.8, 4) is 5.75 Å². The fraction of sp³-hybridized carbons (Fsp3) is 0.647. The van der Waals surface area contributed by atoms with Gasteiger partial charge in [-0.1, -0.05) is 19.4 Å². The molecule has 0 aromatic heterocycles. The molecule has 0 aliphatic carbocycles. The molecule has 1 aromatic rings. The average molecular weight is 278 g/mol. The van der Waals surface area contributed by atoms with Crippen LogP contribution in [-0.2, 0) is 6.54 Å². The lowest BCUT2D eigenvalue weighted by Gasteiger charge is -2.24. The quantitative estimate of drug-likeness (QED) is 0.658. The van der Waals surface area contributed by atoms with Crippen molar-refractivity contribution in [3.05, 3.63) is 23.8 Å². The molecule has 0 aliphatic heterocycles. The number of rotatable bonds is 10. The van der Waals surface area contributed by atoms with Crippen LogP contribution < -0.4 is 15.0 Å². The highest BCUT2D eigenvalue weighted by molar-refractivity contribution is 5.59. The summed E-state index contributed by atoms with van der Waals surface area (Å²) in [5.41, 5.74) is 2.50. The van der Waals surface area contributed by atoms with Gasteiger partial charge >= 0.3 is 0 Å². The number of benzene rings is 1. The second kappa shape index (κ2) is 9.65. The fourth-order valence-corrected chi connectivity index (χ4v) is 2.30. The molecular formula is C17H30N2O. The molecular weight excluding hydrogens is 248 g/mol. The highest BCUT2D eigenvalue weighted by Gasteiger charge is 2.10. The van der Waals surface area contributed by atoms with Crippen LogP contribution in [0.1, 0.15) is 46.1 Å². The van der Waals surface area contributed by atoms with Crippen LogP contribution in [0.3, 0.4) is 0 Å². The van der Waals surface area contributed by atoms with Gasteiger partial charge in [-0.15, -0.1) is 0 Å². The van der Waals surface area contributed by atoms with E-state index in [1.165, 1.54) is 24.1 Å². The van der Waals surface area contributed by atoms with Gasteiger partial charge in [0.2, 0.25) is 0 Å². The third kappa shape index (κ3) is 5.04. The Morgan fingerprint density at radius 1 is 1.10 bits per heavy atom. The number of hydrogen-bond donors (Lipinski definition) is 1. The lowest BCUT2D eigenvalue weighted by atomic mass is 10.1. The Morgan fingerprint density at radius 2 is 1.85 bits per heavy atom. The molecule has 114 valence electrons. The van der Waals surface area contributed by atoms with Crippen LogP contribution in [0, 0.1) is 0 Å². The summed E-state index contributed by atoms with van der Waals surface area (Å²) in [7, 11) is 0. The molecule has 0 fully saturated rings. The Morgan fingerprint density at radius 3 is 2.45 bits per heavy atom. The summed E-state index contributed by atoms with van der Waals surface area (Å²) in [6.07, 6.45) is 2.47. The topological polar surface area (TPSA) is 24.5 Å². The molecule has 1 rings (SSSR count). The summed E-state index contributed by atoms with van der Waals surface area (Å²) in [5.74, 6) is 1.01. The van der Waals surface area contributed by atoms with Crippen LogP contribution in [0.25, 0.3) is 0 Å². The van der Waals surface area contributed by atoms with Crippen molar-refractivity contribution in [1.82, 2.24) is 5.32 Å². The van der Waals surface area contributed by atoms with Gasteiger partial charge < -0.3 is 15.0 Å². The summed E-state index contributed by atoms with van der Waals surface area (Å²) < 4.78 is 5.82. The van der Waals surface area contributed by atoms with Gasteiger partial charge in [0.05, 0.1) is 12.3 Å². The van der Waals surface area contributed by atoms with Gasteiger partial charge in [0.1, 0.15) is 5.75 Å². The van der Waals surface area contributed by atoms with Crippen molar-refractivity contribution in [1.29, 1.82) is 0 Å². The van der Waals surface area contributed by atoms with E-state index in [0.29, 0.717) is 6.61 Å². The number of unbranched alkanes of at least 4 members (excludes halogenated alkanes) is 1. The van der Waals surface area contributed by atoms with Gasteiger partial charge in [-0.05, 0) is 51.4 Å². The predicted octanol–water partition coefficient (Wildman–Crippen LogP) is 3.82. The van der Waals surface area contributed by atoms with Gasteiger partial charge in [-0.3, -0.25) is 0 Å². The minimum Gasteiger partial charge on any atom is -0.492 e. The maximum atomic E-state index is 5.82. The van der Waals surface area contributed by atoms with E-state index in [1.807, 2.05) is 6.92 Å². The van der Waals surface area contributed by atoms with Gasteiger partial charge in [0.15, 0.2) is 0 Å². The average Bonchev–Trinajstić information content (AvgIpc) is 2.47. The zero-order valence-electron chi connectivity index (χ0n) is 13.5. The minimum absolute atomic E-state index is 0.709. The Kier molecular flexibility index (Phi) is 8.12. The Balaban J connectivity index is 2.77. The van der Waals surface area contributed by atoms with Crippen LogP contribution in [0.5, 0.6) is 5.75 Å². The number of nitrogens with one attached hydrogen (secondary N) is 1. The largest absolute Gasteiger partial charge is 0.492 e. The van der Waals surface area contributed by atoms with Crippen molar-refractivity contribution < 1.29 is 4.74 Å². The summed E-state index contributed by atoms with van der Waals surface area (Å²) in [4.78, 5) is 2.33. The SMILES string of the molecule is CCCCNCc1ccc(N(CC)CC)c(OCC)c1. The highest BCUT2D eigenvalue weighted by Crippen LogP contribution is 2.29. The van der Waals surface area contributed by atoms with E-state index in [-0.39, 0.29) is 0 Å². The molecule has 0 heterocycles. The normalized spacial score (nSPS) is 10.6.